The highest BCUT2D eigenvalue weighted by molar-refractivity contribution is 7.01. The Kier molecular flexibility index (Phi) is 7.04. The molecular formula is C60H44B2O2. The van der Waals surface area contributed by atoms with E-state index in [4.69, 9.17) is 9.47 Å². The van der Waals surface area contributed by atoms with Crippen LogP contribution < -0.4 is 42.3 Å². The highest BCUT2D eigenvalue weighted by atomic mass is 16.5. The topological polar surface area (TPSA) is 18.5 Å². The second-order valence-electron chi connectivity index (χ2n) is 20.7. The van der Waals surface area contributed by atoms with Crippen LogP contribution in [0.3, 0.4) is 0 Å². The fraction of sp³-hybridized carbons (Fsp3) is 0.133. The zero-order valence-electron chi connectivity index (χ0n) is 37.0. The predicted octanol–water partition coefficient (Wildman–Crippen LogP) is 11.7. The standard InChI is InChI=1S/C60H44B2O2/c1-59(2,3)43-29-37-39-25-35(33-17-9-7-10-18-33)27-51-57(39)62(46-22-14-16-24-50(46)63-51)48-32-42-44(60(4,5)6)30-38-40-26-36(34-19-11-8-12-20-34)28-52-58(40)61(45-21-13-15-23-49(45)64-52)47-31-41(43)55(53(37)48)56(42)54(38)47/h7-32H,1-6H3. The molecule has 0 saturated heterocycles. The average Bonchev–Trinajstić information content (AvgIpc) is 3.30. The van der Waals surface area contributed by atoms with Crippen molar-refractivity contribution in [2.45, 2.75) is 52.4 Å². The molecule has 302 valence electrons. The summed E-state index contributed by atoms with van der Waals surface area (Å²) in [6.07, 6.45) is 0. The third kappa shape index (κ3) is 4.78. The van der Waals surface area contributed by atoms with Crippen LogP contribution in [0, 0.1) is 0 Å². The van der Waals surface area contributed by atoms with E-state index in [2.05, 4.69) is 199 Å². The Bertz CT molecular complexity index is 3440. The van der Waals surface area contributed by atoms with Crippen molar-refractivity contribution in [3.63, 3.8) is 0 Å². The lowest BCUT2D eigenvalue weighted by Gasteiger charge is -2.39. The van der Waals surface area contributed by atoms with E-state index < -0.39 is 0 Å². The number of hydrogen-bond donors (Lipinski definition) is 0. The Balaban J connectivity index is 1.21. The summed E-state index contributed by atoms with van der Waals surface area (Å²) in [7, 11) is 0. The summed E-state index contributed by atoms with van der Waals surface area (Å²) in [6, 6.07) is 59.0. The highest BCUT2D eigenvalue weighted by Gasteiger charge is 2.45. The van der Waals surface area contributed by atoms with E-state index in [0.29, 0.717) is 0 Å². The predicted molar refractivity (Wildman–Crippen MR) is 272 cm³/mol. The molecule has 0 radical (unpaired) electrons. The molecule has 0 amide bonds. The molecule has 4 heteroatoms. The minimum absolute atomic E-state index is 0.0123. The Morgan fingerprint density at radius 1 is 0.328 bits per heavy atom. The van der Waals surface area contributed by atoms with Gasteiger partial charge in [0.1, 0.15) is 23.0 Å². The zero-order valence-corrected chi connectivity index (χ0v) is 37.0. The van der Waals surface area contributed by atoms with Crippen molar-refractivity contribution in [1.29, 1.82) is 0 Å². The minimum Gasteiger partial charge on any atom is -0.458 e. The Hall–Kier alpha value is -7.03. The van der Waals surface area contributed by atoms with Gasteiger partial charge < -0.3 is 9.47 Å². The third-order valence-corrected chi connectivity index (χ3v) is 15.0. The summed E-state index contributed by atoms with van der Waals surface area (Å²) in [5, 5.41) is 8.25. The molecule has 0 atom stereocenters. The maximum Gasteiger partial charge on any atom is 0.252 e. The molecule has 0 fully saturated rings. The molecule has 0 aliphatic carbocycles. The minimum atomic E-state index is -0.158. The molecule has 0 saturated carbocycles. The molecule has 10 aromatic rings. The Labute approximate surface area is 375 Å². The summed E-state index contributed by atoms with van der Waals surface area (Å²) in [4.78, 5) is 0. The van der Waals surface area contributed by atoms with Gasteiger partial charge in [0, 0.05) is 0 Å². The summed E-state index contributed by atoms with van der Waals surface area (Å²) in [5.74, 6) is 3.79. The average molecular weight is 819 g/mol. The van der Waals surface area contributed by atoms with Crippen LogP contribution in [0.1, 0.15) is 52.7 Å². The van der Waals surface area contributed by atoms with Gasteiger partial charge in [0.25, 0.3) is 13.4 Å². The second-order valence-corrected chi connectivity index (χ2v) is 20.7. The van der Waals surface area contributed by atoms with Gasteiger partial charge in [0.05, 0.1) is 0 Å². The number of ether oxygens (including phenoxy) is 2. The number of benzene rings is 10. The van der Waals surface area contributed by atoms with E-state index in [0.717, 1.165) is 23.0 Å². The Morgan fingerprint density at radius 2 is 0.719 bits per heavy atom. The van der Waals surface area contributed by atoms with Crippen molar-refractivity contribution in [1.82, 2.24) is 0 Å². The van der Waals surface area contributed by atoms with Gasteiger partial charge in [-0.15, -0.1) is 0 Å². The van der Waals surface area contributed by atoms with Crippen molar-refractivity contribution < 1.29 is 9.47 Å². The molecule has 0 aromatic heterocycles. The zero-order chi connectivity index (χ0) is 43.0. The molecule has 4 aliphatic heterocycles. The van der Waals surface area contributed by atoms with Crippen LogP contribution in [-0.4, -0.2) is 13.4 Å². The third-order valence-electron chi connectivity index (χ3n) is 15.0. The van der Waals surface area contributed by atoms with Crippen LogP contribution >= 0.6 is 0 Å². The summed E-state index contributed by atoms with van der Waals surface area (Å²) in [6.45, 7) is 14.4. The van der Waals surface area contributed by atoms with Crippen molar-refractivity contribution >= 4 is 78.5 Å². The van der Waals surface area contributed by atoms with Crippen LogP contribution in [0.2, 0.25) is 0 Å². The first-order valence-corrected chi connectivity index (χ1v) is 22.9. The first kappa shape index (κ1) is 36.5. The van der Waals surface area contributed by atoms with Crippen molar-refractivity contribution in [3.05, 3.63) is 169 Å². The van der Waals surface area contributed by atoms with Crippen LogP contribution in [0.5, 0.6) is 23.0 Å². The molecule has 14 rings (SSSR count). The van der Waals surface area contributed by atoms with Gasteiger partial charge in [0.15, 0.2) is 0 Å². The van der Waals surface area contributed by atoms with Gasteiger partial charge in [-0.3, -0.25) is 0 Å². The first-order valence-electron chi connectivity index (χ1n) is 22.9. The van der Waals surface area contributed by atoms with E-state index in [9.17, 15) is 0 Å². The maximum absolute atomic E-state index is 6.99. The van der Waals surface area contributed by atoms with Crippen LogP contribution in [0.25, 0.3) is 76.8 Å². The number of fused-ring (bicyclic) bond motifs is 8. The smallest absolute Gasteiger partial charge is 0.252 e. The molecule has 4 aliphatic rings. The van der Waals surface area contributed by atoms with Crippen molar-refractivity contribution in [2.75, 3.05) is 0 Å². The molecule has 0 N–H and O–H groups in total. The van der Waals surface area contributed by atoms with Gasteiger partial charge in [-0.1, -0.05) is 162 Å². The molecule has 0 unspecified atom stereocenters. The lowest BCUT2D eigenvalue weighted by Crippen LogP contribution is -2.58. The second kappa shape index (κ2) is 12.4. The molecule has 0 spiro atoms. The van der Waals surface area contributed by atoms with E-state index in [-0.39, 0.29) is 24.3 Å². The summed E-state index contributed by atoms with van der Waals surface area (Å²) >= 11 is 0. The van der Waals surface area contributed by atoms with E-state index in [1.54, 1.807) is 0 Å². The van der Waals surface area contributed by atoms with E-state index >= 15 is 0 Å². The molecule has 0 bridgehead atoms. The summed E-state index contributed by atoms with van der Waals surface area (Å²) in [5.41, 5.74) is 20.1. The monoisotopic (exact) mass is 818 g/mol. The van der Waals surface area contributed by atoms with Gasteiger partial charge in [-0.25, -0.2) is 0 Å². The maximum atomic E-state index is 6.99. The van der Waals surface area contributed by atoms with Gasteiger partial charge in [-0.05, 0) is 169 Å². The Morgan fingerprint density at radius 3 is 1.12 bits per heavy atom. The number of rotatable bonds is 2. The first-order chi connectivity index (χ1) is 31.0. The normalized spacial score (nSPS) is 14.0. The van der Waals surface area contributed by atoms with Gasteiger partial charge in [-0.2, -0.15) is 0 Å². The lowest BCUT2D eigenvalue weighted by atomic mass is 9.31. The molecule has 2 nitrogen and oxygen atoms in total. The SMILES string of the molecule is CC(C)(C)c1cc2c3c(cc4c(C(C)(C)C)cc5c6c(cc1c3c46)B1c3ccccc3Oc3cc(-c4ccccc4)cc-5c31)B1c3ccccc3Oc3cc(-c4ccccc4)cc-2c31. The van der Waals surface area contributed by atoms with Crippen molar-refractivity contribution in [3.8, 4) is 67.5 Å². The van der Waals surface area contributed by atoms with Crippen LogP contribution in [0.4, 0.5) is 0 Å². The quantitative estimate of drug-likeness (QED) is 0.128. The highest BCUT2D eigenvalue weighted by Crippen LogP contribution is 2.51. The van der Waals surface area contributed by atoms with Gasteiger partial charge >= 0.3 is 0 Å². The molecule has 4 heterocycles. The van der Waals surface area contributed by atoms with Crippen LogP contribution in [0.15, 0.2) is 158 Å². The molecule has 10 aromatic carbocycles. The molecular weight excluding hydrogens is 774 g/mol. The molecule has 64 heavy (non-hydrogen) atoms. The van der Waals surface area contributed by atoms with E-state index in [1.807, 2.05) is 0 Å². The number of hydrogen-bond acceptors (Lipinski definition) is 2. The van der Waals surface area contributed by atoms with Crippen LogP contribution in [-0.2, 0) is 10.8 Å². The van der Waals surface area contributed by atoms with E-state index in [1.165, 1.54) is 121 Å². The fourth-order valence-electron chi connectivity index (χ4n) is 12.3. The van der Waals surface area contributed by atoms with Crippen molar-refractivity contribution in [2.24, 2.45) is 0 Å². The lowest BCUT2D eigenvalue weighted by molar-refractivity contribution is 0.487. The number of para-hydroxylation sites is 2. The summed E-state index contributed by atoms with van der Waals surface area (Å²) < 4.78 is 14.0. The van der Waals surface area contributed by atoms with Gasteiger partial charge in [0.2, 0.25) is 0 Å². The fourth-order valence-corrected chi connectivity index (χ4v) is 12.3. The largest absolute Gasteiger partial charge is 0.458 e.